The van der Waals surface area contributed by atoms with Gasteiger partial charge in [0.25, 0.3) is 0 Å². The van der Waals surface area contributed by atoms with E-state index < -0.39 is 9.84 Å². The number of benzene rings is 1. The van der Waals surface area contributed by atoms with E-state index in [1.165, 1.54) is 0 Å². The zero-order valence-electron chi connectivity index (χ0n) is 12.7. The van der Waals surface area contributed by atoms with Gasteiger partial charge in [0.1, 0.15) is 5.75 Å². The Morgan fingerprint density at radius 1 is 1.25 bits per heavy atom. The molecule has 2 unspecified atom stereocenters. The van der Waals surface area contributed by atoms with E-state index >= 15 is 0 Å². The molecule has 1 aromatic rings. The van der Waals surface area contributed by atoms with Crippen molar-refractivity contribution >= 4 is 9.84 Å². The van der Waals surface area contributed by atoms with E-state index in [9.17, 15) is 8.42 Å². The smallest absolute Gasteiger partial charge is 0.152 e. The van der Waals surface area contributed by atoms with Crippen molar-refractivity contribution in [3.63, 3.8) is 0 Å². The fraction of sp³-hybridized carbons (Fsp3) is 0.600. The van der Waals surface area contributed by atoms with E-state index in [-0.39, 0.29) is 23.5 Å². The molecule has 0 fully saturated rings. The summed E-state index contributed by atoms with van der Waals surface area (Å²) in [6, 6.07) is 7.27. The first-order valence-electron chi connectivity index (χ1n) is 6.94. The van der Waals surface area contributed by atoms with Gasteiger partial charge >= 0.3 is 0 Å². The quantitative estimate of drug-likeness (QED) is 0.801. The predicted molar refractivity (Wildman–Crippen MR) is 82.9 cm³/mol. The Kier molecular flexibility index (Phi) is 6.49. The molecule has 4 nitrogen and oxygen atoms in total. The number of hydrogen-bond donors (Lipinski definition) is 1. The molecule has 20 heavy (non-hydrogen) atoms. The Morgan fingerprint density at radius 3 is 2.45 bits per heavy atom. The van der Waals surface area contributed by atoms with Gasteiger partial charge in [-0.3, -0.25) is 0 Å². The molecule has 0 saturated carbocycles. The summed E-state index contributed by atoms with van der Waals surface area (Å²) in [5.41, 5.74) is 0.880. The number of sulfone groups is 1. The van der Waals surface area contributed by atoms with Gasteiger partial charge < -0.3 is 10.1 Å². The number of rotatable bonds is 8. The van der Waals surface area contributed by atoms with Crippen molar-refractivity contribution in [1.82, 2.24) is 5.32 Å². The van der Waals surface area contributed by atoms with Crippen molar-refractivity contribution in [3.05, 3.63) is 29.8 Å². The highest BCUT2D eigenvalue weighted by atomic mass is 32.2. The van der Waals surface area contributed by atoms with E-state index in [0.29, 0.717) is 5.75 Å². The van der Waals surface area contributed by atoms with Crippen molar-refractivity contribution in [1.29, 1.82) is 0 Å². The first kappa shape index (κ1) is 17.0. The summed E-state index contributed by atoms with van der Waals surface area (Å²) in [5.74, 6) is 1.23. The molecule has 2 atom stereocenters. The predicted octanol–water partition coefficient (Wildman–Crippen LogP) is 2.42. The van der Waals surface area contributed by atoms with Gasteiger partial charge in [-0.1, -0.05) is 38.5 Å². The fourth-order valence-electron chi connectivity index (χ4n) is 2.16. The second-order valence-corrected chi connectivity index (χ2v) is 7.33. The third-order valence-corrected chi connectivity index (χ3v) is 5.44. The first-order chi connectivity index (χ1) is 9.43. The Labute approximate surface area is 122 Å². The number of ether oxygens (including phenoxy) is 1. The molecule has 0 aliphatic carbocycles. The maximum atomic E-state index is 12.3. The average Bonchev–Trinajstić information content (AvgIpc) is 2.44. The lowest BCUT2D eigenvalue weighted by Gasteiger charge is -2.20. The number of methoxy groups -OCH3 is 1. The Morgan fingerprint density at radius 2 is 1.90 bits per heavy atom. The summed E-state index contributed by atoms with van der Waals surface area (Å²) < 4.78 is 29.8. The van der Waals surface area contributed by atoms with Crippen LogP contribution >= 0.6 is 0 Å². The van der Waals surface area contributed by atoms with Gasteiger partial charge in [-0.05, 0) is 19.0 Å². The van der Waals surface area contributed by atoms with E-state index in [2.05, 4.69) is 5.32 Å². The molecule has 0 aliphatic heterocycles. The van der Waals surface area contributed by atoms with Crippen LogP contribution in [0, 0.1) is 5.92 Å². The Hall–Kier alpha value is -1.07. The van der Waals surface area contributed by atoms with E-state index in [0.717, 1.165) is 12.0 Å². The first-order valence-corrected chi connectivity index (χ1v) is 8.76. The lowest BCUT2D eigenvalue weighted by molar-refractivity contribution is 0.403. The van der Waals surface area contributed by atoms with Crippen LogP contribution in [0.2, 0.25) is 0 Å². The summed E-state index contributed by atoms with van der Waals surface area (Å²) in [7, 11) is 0.275. The molecule has 114 valence electrons. The van der Waals surface area contributed by atoms with Crippen molar-refractivity contribution in [2.75, 3.05) is 25.7 Å². The molecule has 0 spiro atoms. The second-order valence-electron chi connectivity index (χ2n) is 5.17. The zero-order valence-corrected chi connectivity index (χ0v) is 13.5. The van der Waals surface area contributed by atoms with Crippen LogP contribution in [0.1, 0.15) is 31.9 Å². The molecule has 0 saturated heterocycles. The molecule has 0 heterocycles. The van der Waals surface area contributed by atoms with Gasteiger partial charge in [0, 0.05) is 11.6 Å². The molecule has 5 heteroatoms. The monoisotopic (exact) mass is 299 g/mol. The molecule has 0 aliphatic rings. The summed E-state index contributed by atoms with van der Waals surface area (Å²) in [6.45, 7) is 3.98. The third kappa shape index (κ3) is 4.80. The standard InChI is InChI=1S/C15H25NO3S/c1-5-12(2)10-20(17,18)11-14(16-3)13-8-6-7-9-15(13)19-4/h6-9,12,14,16H,5,10-11H2,1-4H3. The van der Waals surface area contributed by atoms with Gasteiger partial charge in [-0.15, -0.1) is 0 Å². The number of para-hydroxylation sites is 1. The van der Waals surface area contributed by atoms with Crippen molar-refractivity contribution in [2.24, 2.45) is 5.92 Å². The largest absolute Gasteiger partial charge is 0.496 e. The van der Waals surface area contributed by atoms with Gasteiger partial charge in [-0.25, -0.2) is 8.42 Å². The third-order valence-electron chi connectivity index (χ3n) is 3.52. The van der Waals surface area contributed by atoms with Crippen LogP contribution in [0.25, 0.3) is 0 Å². The van der Waals surface area contributed by atoms with Crippen molar-refractivity contribution in [3.8, 4) is 5.75 Å². The lowest BCUT2D eigenvalue weighted by atomic mass is 10.1. The summed E-state index contributed by atoms with van der Waals surface area (Å²) in [6.07, 6.45) is 0.873. The van der Waals surface area contributed by atoms with Gasteiger partial charge in [0.05, 0.1) is 18.6 Å². The fourth-order valence-corrected chi connectivity index (χ4v) is 4.25. The molecule has 0 aromatic heterocycles. The number of nitrogens with one attached hydrogen (secondary N) is 1. The van der Waals surface area contributed by atoms with Crippen LogP contribution < -0.4 is 10.1 Å². The molecule has 0 radical (unpaired) electrons. The number of hydrogen-bond acceptors (Lipinski definition) is 4. The van der Waals surface area contributed by atoms with Gasteiger partial charge in [0.2, 0.25) is 0 Å². The van der Waals surface area contributed by atoms with E-state index in [1.54, 1.807) is 14.2 Å². The van der Waals surface area contributed by atoms with Crippen LogP contribution in [0.4, 0.5) is 0 Å². The van der Waals surface area contributed by atoms with E-state index in [4.69, 9.17) is 4.74 Å². The van der Waals surface area contributed by atoms with Crippen LogP contribution in [0.3, 0.4) is 0 Å². The maximum absolute atomic E-state index is 12.3. The second kappa shape index (κ2) is 7.64. The van der Waals surface area contributed by atoms with Crippen LogP contribution in [-0.4, -0.2) is 34.1 Å². The molecule has 0 amide bonds. The van der Waals surface area contributed by atoms with Crippen LogP contribution in [0.5, 0.6) is 5.75 Å². The molecule has 0 bridgehead atoms. The summed E-state index contributed by atoms with van der Waals surface area (Å²) in [5, 5.41) is 3.08. The normalized spacial score (nSPS) is 14.8. The van der Waals surface area contributed by atoms with Gasteiger partial charge in [0.15, 0.2) is 9.84 Å². The van der Waals surface area contributed by atoms with Crippen LogP contribution in [0.15, 0.2) is 24.3 Å². The lowest BCUT2D eigenvalue weighted by Crippen LogP contribution is -2.28. The highest BCUT2D eigenvalue weighted by Crippen LogP contribution is 2.26. The summed E-state index contributed by atoms with van der Waals surface area (Å²) in [4.78, 5) is 0. The highest BCUT2D eigenvalue weighted by molar-refractivity contribution is 7.91. The topological polar surface area (TPSA) is 55.4 Å². The minimum absolute atomic E-state index is 0.0915. The molecule has 1 rings (SSSR count). The van der Waals surface area contributed by atoms with Crippen LogP contribution in [-0.2, 0) is 9.84 Å². The van der Waals surface area contributed by atoms with Crippen molar-refractivity contribution < 1.29 is 13.2 Å². The van der Waals surface area contributed by atoms with E-state index in [1.807, 2.05) is 38.1 Å². The van der Waals surface area contributed by atoms with Crippen molar-refractivity contribution in [2.45, 2.75) is 26.3 Å². The summed E-state index contributed by atoms with van der Waals surface area (Å²) >= 11 is 0. The molecular formula is C15H25NO3S. The Balaban J connectivity index is 2.92. The maximum Gasteiger partial charge on any atom is 0.152 e. The Bertz CT molecular complexity index is 514. The minimum atomic E-state index is -3.10. The molecule has 1 aromatic carbocycles. The average molecular weight is 299 g/mol. The minimum Gasteiger partial charge on any atom is -0.496 e. The molecular weight excluding hydrogens is 274 g/mol. The SMILES string of the molecule is CCC(C)CS(=O)(=O)CC(NC)c1ccccc1OC. The zero-order chi connectivity index (χ0) is 15.2. The van der Waals surface area contributed by atoms with Gasteiger partial charge in [-0.2, -0.15) is 0 Å². The highest BCUT2D eigenvalue weighted by Gasteiger charge is 2.23. The molecule has 1 N–H and O–H groups in total.